The van der Waals surface area contributed by atoms with Crippen molar-refractivity contribution in [2.75, 3.05) is 0 Å². The number of rotatable bonds is 0. The summed E-state index contributed by atoms with van der Waals surface area (Å²) < 4.78 is 0. The second-order valence-corrected chi connectivity index (χ2v) is 0. The zero-order valence-electron chi connectivity index (χ0n) is 1.82. The van der Waals surface area contributed by atoms with E-state index in [1.54, 1.807) is 0 Å². The normalized spacial score (nSPS) is 0. The summed E-state index contributed by atoms with van der Waals surface area (Å²) in [7, 11) is 0. The van der Waals surface area contributed by atoms with E-state index in [0.717, 1.165) is 0 Å². The van der Waals surface area contributed by atoms with E-state index < -0.39 is 0 Å². The van der Waals surface area contributed by atoms with Crippen molar-refractivity contribution in [2.24, 2.45) is 0 Å². The summed E-state index contributed by atoms with van der Waals surface area (Å²) in [4.78, 5) is 0. The van der Waals surface area contributed by atoms with Crippen LogP contribution in [0.15, 0.2) is 0 Å². The molecular weight excluding hydrogens is 344 g/mol. The Kier molecular flexibility index (Phi) is 178. The van der Waals surface area contributed by atoms with Crippen LogP contribution in [-0.4, -0.2) is 0 Å². The van der Waals surface area contributed by atoms with Gasteiger partial charge in [0, 0.05) is 42.1 Å². The molecule has 0 aromatic carbocycles. The van der Waals surface area contributed by atoms with Crippen LogP contribution in [0.25, 0.3) is 0 Å². The SMILES string of the molecule is S.S.[Mo].[W]. The van der Waals surface area contributed by atoms with Gasteiger partial charge in [-0.3, -0.25) is 0 Å². The summed E-state index contributed by atoms with van der Waals surface area (Å²) in [6.07, 6.45) is 0. The molecule has 0 saturated carbocycles. The van der Waals surface area contributed by atoms with Crippen LogP contribution >= 0.6 is 27.0 Å². The third kappa shape index (κ3) is 8.95. The minimum absolute atomic E-state index is 0. The smallest absolute Gasteiger partial charge is 0 e. The Morgan fingerprint density at radius 1 is 0.750 bits per heavy atom. The monoisotopic (exact) mass is 350 g/mol. The molecule has 28 valence electrons. The van der Waals surface area contributed by atoms with Crippen molar-refractivity contribution in [3.05, 3.63) is 0 Å². The molecule has 4 heavy (non-hydrogen) atoms. The van der Waals surface area contributed by atoms with Gasteiger partial charge in [-0.15, -0.1) is 0 Å². The summed E-state index contributed by atoms with van der Waals surface area (Å²) in [5, 5.41) is 0. The van der Waals surface area contributed by atoms with Crippen LogP contribution in [0.2, 0.25) is 0 Å². The van der Waals surface area contributed by atoms with Gasteiger partial charge in [0.25, 0.3) is 0 Å². The molecule has 4 heteroatoms. The quantitative estimate of drug-likeness (QED) is 0.550. The topological polar surface area (TPSA) is 0 Å². The molecule has 0 heterocycles. The van der Waals surface area contributed by atoms with Gasteiger partial charge in [0.15, 0.2) is 0 Å². The predicted molar refractivity (Wildman–Crippen MR) is 20.8 cm³/mol. The molecule has 0 aromatic heterocycles. The Hall–Kier alpha value is 2.08. The van der Waals surface area contributed by atoms with Gasteiger partial charge < -0.3 is 0 Å². The summed E-state index contributed by atoms with van der Waals surface area (Å²) in [6, 6.07) is 0. The summed E-state index contributed by atoms with van der Waals surface area (Å²) in [5.41, 5.74) is 0. The van der Waals surface area contributed by atoms with Crippen LogP contribution in [-0.2, 0) is 42.1 Å². The maximum Gasteiger partial charge on any atom is 0 e. The molecule has 0 spiro atoms. The van der Waals surface area contributed by atoms with E-state index in [1.807, 2.05) is 0 Å². The third-order valence-corrected chi connectivity index (χ3v) is 0. The van der Waals surface area contributed by atoms with Crippen LogP contribution < -0.4 is 0 Å². The van der Waals surface area contributed by atoms with Crippen molar-refractivity contribution in [1.82, 2.24) is 0 Å². The van der Waals surface area contributed by atoms with Crippen LogP contribution in [0.4, 0.5) is 0 Å². The fraction of sp³-hybridized carbons (Fsp3) is 0. The zero-order chi connectivity index (χ0) is 0. The van der Waals surface area contributed by atoms with E-state index in [0.29, 0.717) is 0 Å². The van der Waals surface area contributed by atoms with Crippen molar-refractivity contribution in [3.63, 3.8) is 0 Å². The Morgan fingerprint density at radius 2 is 0.750 bits per heavy atom. The van der Waals surface area contributed by atoms with Crippen LogP contribution in [0.1, 0.15) is 0 Å². The van der Waals surface area contributed by atoms with Crippen molar-refractivity contribution in [3.8, 4) is 0 Å². The first kappa shape index (κ1) is 36.3. The number of hydrogen-bond acceptors (Lipinski definition) is 0. The fourth-order valence-corrected chi connectivity index (χ4v) is 0. The van der Waals surface area contributed by atoms with Crippen LogP contribution in [0, 0.1) is 0 Å². The minimum Gasteiger partial charge on any atom is -0.197 e. The largest absolute Gasteiger partial charge is 0.197 e. The maximum atomic E-state index is 0. The first-order chi connectivity index (χ1) is 0. The van der Waals surface area contributed by atoms with Gasteiger partial charge in [-0.2, -0.15) is 27.0 Å². The minimum atomic E-state index is 0. The fourth-order valence-electron chi connectivity index (χ4n) is 0. The van der Waals surface area contributed by atoms with E-state index in [-0.39, 0.29) is 69.1 Å². The van der Waals surface area contributed by atoms with Gasteiger partial charge >= 0.3 is 0 Å². The molecule has 0 atom stereocenters. The molecule has 0 aromatic rings. The second kappa shape index (κ2) is 19.6. The standard InChI is InChI=1S/Mo.2H2S.W/h;2*1H2;. The molecule has 0 aliphatic heterocycles. The van der Waals surface area contributed by atoms with E-state index >= 15 is 0 Å². The average molecular weight is 348 g/mol. The first-order valence-corrected chi connectivity index (χ1v) is 0. The predicted octanol–water partition coefficient (Wildman–Crippen LogP) is 0.221. The Morgan fingerprint density at radius 3 is 0.750 bits per heavy atom. The van der Waals surface area contributed by atoms with Gasteiger partial charge in [-0.05, 0) is 0 Å². The van der Waals surface area contributed by atoms with Crippen molar-refractivity contribution < 1.29 is 42.1 Å². The molecule has 0 aliphatic carbocycles. The molecule has 0 radical (unpaired) electrons. The van der Waals surface area contributed by atoms with Crippen molar-refractivity contribution in [2.45, 2.75) is 0 Å². The van der Waals surface area contributed by atoms with Gasteiger partial charge in [0.2, 0.25) is 0 Å². The Bertz CT molecular complexity index is 6.00. The van der Waals surface area contributed by atoms with Gasteiger partial charge in [-0.1, -0.05) is 0 Å². The maximum absolute atomic E-state index is 0. The van der Waals surface area contributed by atoms with E-state index in [4.69, 9.17) is 0 Å². The summed E-state index contributed by atoms with van der Waals surface area (Å²) in [5.74, 6) is 0. The molecule has 0 rings (SSSR count). The molecule has 0 nitrogen and oxygen atoms in total. The third-order valence-electron chi connectivity index (χ3n) is 0. The molecule has 0 fully saturated rings. The number of hydrogen-bond donors (Lipinski definition) is 0. The van der Waals surface area contributed by atoms with Gasteiger partial charge in [-0.25, -0.2) is 0 Å². The van der Waals surface area contributed by atoms with Gasteiger partial charge in [0.1, 0.15) is 0 Å². The Labute approximate surface area is 68.5 Å². The molecular formula is H4MoS2W. The van der Waals surface area contributed by atoms with E-state index in [2.05, 4.69) is 0 Å². The van der Waals surface area contributed by atoms with Crippen molar-refractivity contribution in [1.29, 1.82) is 0 Å². The summed E-state index contributed by atoms with van der Waals surface area (Å²) in [6.45, 7) is 0. The van der Waals surface area contributed by atoms with Crippen molar-refractivity contribution >= 4 is 27.0 Å². The van der Waals surface area contributed by atoms with E-state index in [1.165, 1.54) is 0 Å². The molecule has 0 aliphatic rings. The molecule has 0 saturated heterocycles. The van der Waals surface area contributed by atoms with Gasteiger partial charge in [0.05, 0.1) is 0 Å². The summed E-state index contributed by atoms with van der Waals surface area (Å²) >= 11 is 0. The average Bonchev–Trinajstić information content (AvgIpc) is 0. The molecule has 0 bridgehead atoms. The Balaban J connectivity index is 0. The molecule has 0 N–H and O–H groups in total. The van der Waals surface area contributed by atoms with Crippen LogP contribution in [0.3, 0.4) is 0 Å². The zero-order valence-corrected chi connectivity index (χ0v) is 8.76. The van der Waals surface area contributed by atoms with E-state index in [9.17, 15) is 0 Å². The second-order valence-electron chi connectivity index (χ2n) is 0. The molecule has 0 amide bonds. The molecule has 0 unspecified atom stereocenters. The van der Waals surface area contributed by atoms with Crippen LogP contribution in [0.5, 0.6) is 0 Å². The first-order valence-electron chi connectivity index (χ1n) is 0.